The van der Waals surface area contributed by atoms with E-state index < -0.39 is 27.6 Å². The lowest BCUT2D eigenvalue weighted by Gasteiger charge is -2.13. The smallest absolute Gasteiger partial charge is 0.306 e. The highest BCUT2D eigenvalue weighted by Gasteiger charge is 2.28. The third kappa shape index (κ3) is 4.22. The van der Waals surface area contributed by atoms with Crippen molar-refractivity contribution in [2.45, 2.75) is 16.0 Å². The number of nitrogens with one attached hydrogen (secondary N) is 3. The van der Waals surface area contributed by atoms with Gasteiger partial charge in [0.05, 0.1) is 27.4 Å². The number of benzene rings is 2. The van der Waals surface area contributed by atoms with E-state index >= 15 is 0 Å². The quantitative estimate of drug-likeness (QED) is 0.570. The standard InChI is InChI=1S/C15H12F3N3O3S2/c16-15(17,18)8-25-13-4-2-1-3-11(13)21-26(23,24)9-5-6-10-12(7-9)20-14(22)19-10/h1-7,21H,8H2,(H2,19,20,22). The van der Waals surface area contributed by atoms with Gasteiger partial charge in [0.1, 0.15) is 0 Å². The Bertz CT molecular complexity index is 1100. The Hall–Kier alpha value is -2.40. The van der Waals surface area contributed by atoms with Gasteiger partial charge in [0, 0.05) is 4.90 Å². The Morgan fingerprint density at radius 1 is 1.04 bits per heavy atom. The number of halogens is 3. The highest BCUT2D eigenvalue weighted by atomic mass is 32.2. The zero-order valence-electron chi connectivity index (χ0n) is 12.9. The van der Waals surface area contributed by atoms with Crippen molar-refractivity contribution in [2.24, 2.45) is 0 Å². The number of hydrogen-bond donors (Lipinski definition) is 3. The first-order valence-electron chi connectivity index (χ1n) is 7.17. The van der Waals surface area contributed by atoms with E-state index in [2.05, 4.69) is 14.7 Å². The fraction of sp³-hybridized carbons (Fsp3) is 0.133. The summed E-state index contributed by atoms with van der Waals surface area (Å²) in [6, 6.07) is 9.80. The molecule has 11 heteroatoms. The average Bonchev–Trinajstić information content (AvgIpc) is 2.92. The molecule has 2 aromatic carbocycles. The minimum absolute atomic E-state index is 0.0457. The van der Waals surface area contributed by atoms with E-state index in [9.17, 15) is 26.4 Å². The van der Waals surface area contributed by atoms with Gasteiger partial charge >= 0.3 is 11.9 Å². The Morgan fingerprint density at radius 3 is 2.46 bits per heavy atom. The highest BCUT2D eigenvalue weighted by molar-refractivity contribution is 7.99. The maximum Gasteiger partial charge on any atom is 0.398 e. The number of hydrogen-bond acceptors (Lipinski definition) is 4. The van der Waals surface area contributed by atoms with E-state index in [0.717, 1.165) is 0 Å². The number of rotatable bonds is 5. The molecule has 0 amide bonds. The maximum atomic E-state index is 12.6. The number of aromatic nitrogens is 2. The second-order valence-corrected chi connectivity index (χ2v) is 7.99. The molecule has 0 aliphatic rings. The van der Waals surface area contributed by atoms with Gasteiger partial charge in [-0.2, -0.15) is 13.2 Å². The molecule has 3 N–H and O–H groups in total. The lowest BCUT2D eigenvalue weighted by molar-refractivity contribution is -0.105. The molecule has 0 saturated heterocycles. The van der Waals surface area contributed by atoms with Crippen molar-refractivity contribution in [3.05, 3.63) is 52.9 Å². The van der Waals surface area contributed by atoms with Crippen LogP contribution in [0.3, 0.4) is 0 Å². The van der Waals surface area contributed by atoms with Crippen LogP contribution in [0.4, 0.5) is 18.9 Å². The second-order valence-electron chi connectivity index (χ2n) is 5.29. The van der Waals surface area contributed by atoms with E-state index in [0.29, 0.717) is 22.8 Å². The van der Waals surface area contributed by atoms with Gasteiger partial charge in [-0.1, -0.05) is 12.1 Å². The van der Waals surface area contributed by atoms with Crippen LogP contribution in [0.2, 0.25) is 0 Å². The fourth-order valence-electron chi connectivity index (χ4n) is 2.22. The van der Waals surface area contributed by atoms with Gasteiger partial charge < -0.3 is 9.97 Å². The Balaban J connectivity index is 1.90. The summed E-state index contributed by atoms with van der Waals surface area (Å²) in [6.45, 7) is 0. The molecule has 0 fully saturated rings. The van der Waals surface area contributed by atoms with Gasteiger partial charge in [0.25, 0.3) is 10.0 Å². The number of alkyl halides is 3. The van der Waals surface area contributed by atoms with E-state index in [1.165, 1.54) is 42.5 Å². The minimum atomic E-state index is -4.37. The molecule has 0 unspecified atom stereocenters. The first kappa shape index (κ1) is 18.4. The molecule has 0 aliphatic carbocycles. The van der Waals surface area contributed by atoms with Crippen molar-refractivity contribution < 1.29 is 21.6 Å². The van der Waals surface area contributed by atoms with Crippen molar-refractivity contribution in [3.8, 4) is 0 Å². The zero-order chi connectivity index (χ0) is 18.9. The van der Waals surface area contributed by atoms with Crippen LogP contribution >= 0.6 is 11.8 Å². The van der Waals surface area contributed by atoms with Crippen LogP contribution in [0.1, 0.15) is 0 Å². The molecule has 1 aromatic heterocycles. The number of para-hydroxylation sites is 1. The predicted molar refractivity (Wildman–Crippen MR) is 92.9 cm³/mol. The molecule has 1 heterocycles. The number of thioether (sulfide) groups is 1. The molecule has 0 spiro atoms. The van der Waals surface area contributed by atoms with Crippen molar-refractivity contribution in [3.63, 3.8) is 0 Å². The Morgan fingerprint density at radius 2 is 1.73 bits per heavy atom. The van der Waals surface area contributed by atoms with Crippen LogP contribution in [0.25, 0.3) is 11.0 Å². The first-order valence-corrected chi connectivity index (χ1v) is 9.64. The molecule has 3 aromatic rings. The van der Waals surface area contributed by atoms with Crippen LogP contribution < -0.4 is 10.4 Å². The van der Waals surface area contributed by atoms with Crippen molar-refractivity contribution in [2.75, 3.05) is 10.5 Å². The monoisotopic (exact) mass is 403 g/mol. The number of imidazole rings is 1. The Labute approximate surface area is 149 Å². The molecule has 0 saturated carbocycles. The van der Waals surface area contributed by atoms with Crippen LogP contribution in [0, 0.1) is 0 Å². The molecule has 6 nitrogen and oxygen atoms in total. The van der Waals surface area contributed by atoms with Gasteiger partial charge in [-0.25, -0.2) is 13.2 Å². The summed E-state index contributed by atoms with van der Waals surface area (Å²) in [5, 5.41) is 0. The summed E-state index contributed by atoms with van der Waals surface area (Å²) < 4.78 is 64.7. The molecular weight excluding hydrogens is 391 g/mol. The molecule has 3 rings (SSSR count). The number of aromatic amines is 2. The molecule has 138 valence electrons. The molecule has 0 atom stereocenters. The molecular formula is C15H12F3N3O3S2. The highest BCUT2D eigenvalue weighted by Crippen LogP contribution is 2.33. The molecule has 0 aliphatic heterocycles. The first-order chi connectivity index (χ1) is 12.1. The van der Waals surface area contributed by atoms with Crippen molar-refractivity contribution >= 4 is 38.5 Å². The molecule has 0 radical (unpaired) electrons. The normalized spacial score (nSPS) is 12.4. The van der Waals surface area contributed by atoms with Crippen LogP contribution in [0.5, 0.6) is 0 Å². The fourth-order valence-corrected chi connectivity index (χ4v) is 4.16. The van der Waals surface area contributed by atoms with Crippen LogP contribution in [-0.2, 0) is 10.0 Å². The summed E-state index contributed by atoms with van der Waals surface area (Å²) in [6.07, 6.45) is -4.37. The number of sulfonamides is 1. The largest absolute Gasteiger partial charge is 0.398 e. The van der Waals surface area contributed by atoms with Crippen LogP contribution in [0.15, 0.2) is 57.1 Å². The number of H-pyrrole nitrogens is 2. The topological polar surface area (TPSA) is 94.8 Å². The Kier molecular flexibility index (Phi) is 4.76. The van der Waals surface area contributed by atoms with E-state index in [1.807, 2.05) is 0 Å². The van der Waals surface area contributed by atoms with E-state index in [1.54, 1.807) is 0 Å². The lowest BCUT2D eigenvalue weighted by atomic mass is 10.3. The summed E-state index contributed by atoms with van der Waals surface area (Å²) in [5.74, 6) is -1.14. The van der Waals surface area contributed by atoms with E-state index in [-0.39, 0.29) is 15.5 Å². The molecule has 26 heavy (non-hydrogen) atoms. The summed E-state index contributed by atoms with van der Waals surface area (Å²) in [7, 11) is -4.05. The van der Waals surface area contributed by atoms with Crippen LogP contribution in [-0.4, -0.2) is 30.3 Å². The molecule has 0 bridgehead atoms. The zero-order valence-corrected chi connectivity index (χ0v) is 14.6. The van der Waals surface area contributed by atoms with Gasteiger partial charge in [-0.15, -0.1) is 11.8 Å². The SMILES string of the molecule is O=c1[nH]c2ccc(S(=O)(=O)Nc3ccccc3SCC(F)(F)F)cc2[nH]1. The number of fused-ring (bicyclic) bond motifs is 1. The minimum Gasteiger partial charge on any atom is -0.306 e. The van der Waals surface area contributed by atoms with Crippen molar-refractivity contribution in [1.82, 2.24) is 9.97 Å². The van der Waals surface area contributed by atoms with Gasteiger partial charge in [-0.3, -0.25) is 4.72 Å². The van der Waals surface area contributed by atoms with Gasteiger partial charge in [0.2, 0.25) is 0 Å². The third-order valence-corrected chi connectivity index (χ3v) is 5.82. The summed E-state index contributed by atoms with van der Waals surface area (Å²) >= 11 is 0.491. The second kappa shape index (κ2) is 6.72. The predicted octanol–water partition coefficient (Wildman–Crippen LogP) is 3.31. The third-order valence-electron chi connectivity index (χ3n) is 3.32. The summed E-state index contributed by atoms with van der Waals surface area (Å²) in [4.78, 5) is 16.2. The number of anilines is 1. The van der Waals surface area contributed by atoms with Gasteiger partial charge in [-0.05, 0) is 30.3 Å². The summed E-state index contributed by atoms with van der Waals surface area (Å²) in [5.41, 5.74) is 0.313. The maximum absolute atomic E-state index is 12.6. The lowest BCUT2D eigenvalue weighted by Crippen LogP contribution is -2.14. The van der Waals surface area contributed by atoms with E-state index in [4.69, 9.17) is 0 Å². The van der Waals surface area contributed by atoms with Gasteiger partial charge in [0.15, 0.2) is 0 Å². The van der Waals surface area contributed by atoms with Crippen molar-refractivity contribution in [1.29, 1.82) is 0 Å². The average molecular weight is 403 g/mol.